The fourth-order valence-electron chi connectivity index (χ4n) is 2.05. The third-order valence-corrected chi connectivity index (χ3v) is 3.01. The first-order valence-electron chi connectivity index (χ1n) is 5.75. The Balaban J connectivity index is 2.25. The first-order chi connectivity index (χ1) is 7.17. The lowest BCUT2D eigenvalue weighted by Crippen LogP contribution is -2.33. The van der Waals surface area contributed by atoms with Crippen molar-refractivity contribution in [1.29, 1.82) is 0 Å². The van der Waals surface area contributed by atoms with E-state index in [-0.39, 0.29) is 24.5 Å². The van der Waals surface area contributed by atoms with Gasteiger partial charge < -0.3 is 15.5 Å². The first-order valence-corrected chi connectivity index (χ1v) is 5.75. The van der Waals surface area contributed by atoms with Gasteiger partial charge in [-0.05, 0) is 19.3 Å². The Bertz CT molecular complexity index is 208. The predicted octanol–water partition coefficient (Wildman–Crippen LogP) is 0.425. The van der Waals surface area contributed by atoms with Crippen LogP contribution in [0.3, 0.4) is 0 Å². The van der Waals surface area contributed by atoms with E-state index in [4.69, 9.17) is 5.11 Å². The average Bonchev–Trinajstić information content (AvgIpc) is 2.55. The zero-order valence-corrected chi connectivity index (χ0v) is 9.28. The topological polar surface area (TPSA) is 69.6 Å². The largest absolute Gasteiger partial charge is 0.396 e. The van der Waals surface area contributed by atoms with E-state index in [0.717, 1.165) is 12.8 Å². The number of hydrogen-bond donors (Lipinski definition) is 3. The molecule has 1 rings (SSSR count). The summed E-state index contributed by atoms with van der Waals surface area (Å²) in [4.78, 5) is 11.4. The van der Waals surface area contributed by atoms with E-state index in [1.807, 2.05) is 6.92 Å². The van der Waals surface area contributed by atoms with Gasteiger partial charge in [-0.15, -0.1) is 0 Å². The number of unbranched alkanes of at least 4 members (excludes halogenated alkanes) is 1. The van der Waals surface area contributed by atoms with E-state index < -0.39 is 6.10 Å². The summed E-state index contributed by atoms with van der Waals surface area (Å²) in [6.45, 7) is 2.05. The molecule has 4 nitrogen and oxygen atoms in total. The molecule has 4 heteroatoms. The number of nitrogens with one attached hydrogen (secondary N) is 1. The molecule has 1 amide bonds. The molecule has 1 aliphatic rings. The summed E-state index contributed by atoms with van der Waals surface area (Å²) >= 11 is 0. The van der Waals surface area contributed by atoms with Gasteiger partial charge in [0.1, 0.15) is 0 Å². The van der Waals surface area contributed by atoms with Crippen molar-refractivity contribution in [3.8, 4) is 0 Å². The normalized spacial score (nSPS) is 30.5. The molecule has 3 atom stereocenters. The minimum Gasteiger partial charge on any atom is -0.396 e. The van der Waals surface area contributed by atoms with Crippen LogP contribution in [-0.2, 0) is 4.79 Å². The van der Waals surface area contributed by atoms with E-state index >= 15 is 0 Å². The molecule has 1 fully saturated rings. The minimum atomic E-state index is -0.466. The second kappa shape index (κ2) is 6.08. The molecule has 1 saturated carbocycles. The first kappa shape index (κ1) is 12.5. The van der Waals surface area contributed by atoms with Crippen LogP contribution in [0.4, 0.5) is 0 Å². The van der Waals surface area contributed by atoms with Crippen LogP contribution in [-0.4, -0.2) is 34.9 Å². The lowest BCUT2D eigenvalue weighted by atomic mass is 10.1. The van der Waals surface area contributed by atoms with Crippen molar-refractivity contribution >= 4 is 5.91 Å². The smallest absolute Gasteiger partial charge is 0.220 e. The molecule has 0 aromatic heterocycles. The van der Waals surface area contributed by atoms with Crippen LogP contribution in [0.1, 0.15) is 39.0 Å². The molecule has 0 bridgehead atoms. The van der Waals surface area contributed by atoms with Gasteiger partial charge in [-0.2, -0.15) is 0 Å². The summed E-state index contributed by atoms with van der Waals surface area (Å²) in [5, 5.41) is 21.4. The third kappa shape index (κ3) is 3.80. The predicted molar refractivity (Wildman–Crippen MR) is 57.3 cm³/mol. The number of aliphatic hydroxyl groups excluding tert-OH is 2. The maximum absolute atomic E-state index is 11.4. The molecule has 0 spiro atoms. The lowest BCUT2D eigenvalue weighted by molar-refractivity contribution is -0.121. The number of hydrogen-bond acceptors (Lipinski definition) is 3. The van der Waals surface area contributed by atoms with Crippen molar-refractivity contribution in [2.75, 3.05) is 6.61 Å². The van der Waals surface area contributed by atoms with Crippen LogP contribution in [0.25, 0.3) is 0 Å². The summed E-state index contributed by atoms with van der Waals surface area (Å²) in [6.07, 6.45) is 3.28. The summed E-state index contributed by atoms with van der Waals surface area (Å²) in [5.41, 5.74) is 0. The Morgan fingerprint density at radius 3 is 2.73 bits per heavy atom. The van der Waals surface area contributed by atoms with Crippen LogP contribution in [0, 0.1) is 5.92 Å². The van der Waals surface area contributed by atoms with Crippen molar-refractivity contribution in [2.24, 2.45) is 5.92 Å². The molecule has 1 aliphatic carbocycles. The molecule has 0 unspecified atom stereocenters. The van der Waals surface area contributed by atoms with E-state index in [9.17, 15) is 9.90 Å². The van der Waals surface area contributed by atoms with Crippen LogP contribution in [0.2, 0.25) is 0 Å². The second-order valence-corrected chi connectivity index (χ2v) is 4.35. The Kier molecular flexibility index (Phi) is 5.05. The zero-order chi connectivity index (χ0) is 11.3. The van der Waals surface area contributed by atoms with Crippen LogP contribution < -0.4 is 5.32 Å². The number of carbonyl (C=O) groups excluding carboxylic acids is 1. The van der Waals surface area contributed by atoms with Gasteiger partial charge in [-0.25, -0.2) is 0 Å². The molecule has 0 heterocycles. The van der Waals surface area contributed by atoms with Gasteiger partial charge >= 0.3 is 0 Å². The highest BCUT2D eigenvalue weighted by atomic mass is 16.3. The Morgan fingerprint density at radius 1 is 1.47 bits per heavy atom. The van der Waals surface area contributed by atoms with Gasteiger partial charge in [0.05, 0.1) is 6.10 Å². The molecule has 0 radical (unpaired) electrons. The maximum Gasteiger partial charge on any atom is 0.220 e. The fourth-order valence-corrected chi connectivity index (χ4v) is 2.05. The molecule has 3 N–H and O–H groups in total. The van der Waals surface area contributed by atoms with Crippen molar-refractivity contribution in [3.63, 3.8) is 0 Å². The molecule has 88 valence electrons. The van der Waals surface area contributed by atoms with Gasteiger partial charge in [0, 0.05) is 25.0 Å². The standard InChI is InChI=1S/C11H21NO3/c1-2-3-4-11(15)12-9-5-8(7-13)10(14)6-9/h8-10,13-14H,2-7H2,1H3,(H,12,15)/t8-,9+,10+/m1/s1. The van der Waals surface area contributed by atoms with Crippen molar-refractivity contribution in [2.45, 2.75) is 51.2 Å². The van der Waals surface area contributed by atoms with E-state index in [1.165, 1.54) is 0 Å². The number of carbonyl (C=O) groups is 1. The number of rotatable bonds is 5. The fraction of sp³-hybridized carbons (Fsp3) is 0.909. The molecule has 0 aliphatic heterocycles. The summed E-state index contributed by atoms with van der Waals surface area (Å²) in [7, 11) is 0. The van der Waals surface area contributed by atoms with Gasteiger partial charge in [0.25, 0.3) is 0 Å². The summed E-state index contributed by atoms with van der Waals surface area (Å²) in [5.74, 6) is -0.00545. The molecule has 0 saturated heterocycles. The van der Waals surface area contributed by atoms with Crippen molar-refractivity contribution in [3.05, 3.63) is 0 Å². The van der Waals surface area contributed by atoms with Gasteiger partial charge in [-0.1, -0.05) is 13.3 Å². The molecule has 0 aromatic rings. The zero-order valence-electron chi connectivity index (χ0n) is 9.28. The highest BCUT2D eigenvalue weighted by Gasteiger charge is 2.32. The van der Waals surface area contributed by atoms with Gasteiger partial charge in [0.15, 0.2) is 0 Å². The van der Waals surface area contributed by atoms with Crippen molar-refractivity contribution < 1.29 is 15.0 Å². The molecule has 0 aromatic carbocycles. The quantitative estimate of drug-likeness (QED) is 0.622. The monoisotopic (exact) mass is 215 g/mol. The van der Waals surface area contributed by atoms with Crippen LogP contribution in [0.15, 0.2) is 0 Å². The summed E-state index contributed by atoms with van der Waals surface area (Å²) in [6, 6.07) is 0.0431. The Hall–Kier alpha value is -0.610. The Morgan fingerprint density at radius 2 is 2.20 bits per heavy atom. The Labute approximate surface area is 90.7 Å². The number of amides is 1. The summed E-state index contributed by atoms with van der Waals surface area (Å²) < 4.78 is 0. The average molecular weight is 215 g/mol. The SMILES string of the molecule is CCCCC(=O)N[C@H]1C[C@H](CO)[C@@H](O)C1. The van der Waals surface area contributed by atoms with Crippen molar-refractivity contribution in [1.82, 2.24) is 5.32 Å². The molecular formula is C11H21NO3. The highest BCUT2D eigenvalue weighted by Crippen LogP contribution is 2.25. The van der Waals surface area contributed by atoms with E-state index in [1.54, 1.807) is 0 Å². The number of aliphatic hydroxyl groups is 2. The highest BCUT2D eigenvalue weighted by molar-refractivity contribution is 5.76. The van der Waals surface area contributed by atoms with E-state index in [0.29, 0.717) is 19.3 Å². The third-order valence-electron chi connectivity index (χ3n) is 3.01. The van der Waals surface area contributed by atoms with Gasteiger partial charge in [-0.3, -0.25) is 4.79 Å². The molecular weight excluding hydrogens is 194 g/mol. The maximum atomic E-state index is 11.4. The van der Waals surface area contributed by atoms with Crippen LogP contribution >= 0.6 is 0 Å². The second-order valence-electron chi connectivity index (χ2n) is 4.35. The van der Waals surface area contributed by atoms with E-state index in [2.05, 4.69) is 5.32 Å². The minimum absolute atomic E-state index is 0.00248. The van der Waals surface area contributed by atoms with Crippen LogP contribution in [0.5, 0.6) is 0 Å². The molecule has 15 heavy (non-hydrogen) atoms. The van der Waals surface area contributed by atoms with Gasteiger partial charge in [0.2, 0.25) is 5.91 Å². The lowest BCUT2D eigenvalue weighted by Gasteiger charge is -2.11.